The molecule has 1 aliphatic heterocycles. The standard InChI is InChI=1S/C6H11NO3/c1-9-6(8)7-4-2-3-5-10-7/h2-5H2,1H3. The molecule has 0 aromatic rings. The molecular weight excluding hydrogens is 134 g/mol. The molecule has 4 heteroatoms. The predicted molar refractivity (Wildman–Crippen MR) is 34.3 cm³/mol. The summed E-state index contributed by atoms with van der Waals surface area (Å²) in [5.74, 6) is 0. The fourth-order valence-electron chi connectivity index (χ4n) is 0.843. The Hall–Kier alpha value is -0.770. The molecule has 1 rings (SSSR count). The van der Waals surface area contributed by atoms with E-state index in [0.29, 0.717) is 13.2 Å². The second-order valence-corrected chi connectivity index (χ2v) is 2.11. The zero-order valence-electron chi connectivity index (χ0n) is 6.00. The fourth-order valence-corrected chi connectivity index (χ4v) is 0.843. The van der Waals surface area contributed by atoms with E-state index in [2.05, 4.69) is 4.74 Å². The molecule has 0 unspecified atom stereocenters. The summed E-state index contributed by atoms with van der Waals surface area (Å²) >= 11 is 0. The van der Waals surface area contributed by atoms with Gasteiger partial charge in [0.2, 0.25) is 0 Å². The molecule has 10 heavy (non-hydrogen) atoms. The third-order valence-electron chi connectivity index (χ3n) is 1.38. The number of hydroxylamine groups is 2. The van der Waals surface area contributed by atoms with Gasteiger partial charge in [-0.05, 0) is 12.8 Å². The number of amides is 1. The van der Waals surface area contributed by atoms with Gasteiger partial charge in [-0.1, -0.05) is 0 Å². The molecule has 0 aliphatic carbocycles. The largest absolute Gasteiger partial charge is 0.451 e. The number of hydrogen-bond acceptors (Lipinski definition) is 3. The molecule has 0 spiro atoms. The molecule has 0 radical (unpaired) electrons. The van der Waals surface area contributed by atoms with Gasteiger partial charge in [-0.3, -0.25) is 4.84 Å². The second kappa shape index (κ2) is 3.41. The SMILES string of the molecule is COC(=O)N1CCCCO1. The Morgan fingerprint density at radius 1 is 1.60 bits per heavy atom. The Kier molecular flexibility index (Phi) is 2.50. The van der Waals surface area contributed by atoms with Gasteiger partial charge < -0.3 is 4.74 Å². The molecule has 58 valence electrons. The quantitative estimate of drug-likeness (QED) is 0.505. The Morgan fingerprint density at radius 3 is 2.90 bits per heavy atom. The summed E-state index contributed by atoms with van der Waals surface area (Å²) in [5, 5.41) is 1.25. The van der Waals surface area contributed by atoms with E-state index in [4.69, 9.17) is 4.84 Å². The zero-order chi connectivity index (χ0) is 7.40. The van der Waals surface area contributed by atoms with Crippen molar-refractivity contribution in [3.05, 3.63) is 0 Å². The minimum atomic E-state index is -0.403. The number of carbonyl (C=O) groups is 1. The highest BCUT2D eigenvalue weighted by Gasteiger charge is 2.17. The van der Waals surface area contributed by atoms with Crippen LogP contribution in [0.3, 0.4) is 0 Å². The molecule has 0 N–H and O–H groups in total. The van der Waals surface area contributed by atoms with Crippen LogP contribution in [0.4, 0.5) is 4.79 Å². The van der Waals surface area contributed by atoms with Crippen LogP contribution in [0.5, 0.6) is 0 Å². The van der Waals surface area contributed by atoms with Crippen molar-refractivity contribution in [2.24, 2.45) is 0 Å². The zero-order valence-corrected chi connectivity index (χ0v) is 6.00. The Labute approximate surface area is 59.7 Å². The van der Waals surface area contributed by atoms with Gasteiger partial charge in [-0.25, -0.2) is 4.79 Å². The van der Waals surface area contributed by atoms with Crippen molar-refractivity contribution in [2.45, 2.75) is 12.8 Å². The molecule has 1 aliphatic rings. The van der Waals surface area contributed by atoms with Crippen LogP contribution in [-0.4, -0.2) is 31.4 Å². The minimum absolute atomic E-state index is 0.403. The first-order valence-electron chi connectivity index (χ1n) is 3.33. The van der Waals surface area contributed by atoms with Crippen molar-refractivity contribution in [3.8, 4) is 0 Å². The minimum Gasteiger partial charge on any atom is -0.451 e. The van der Waals surface area contributed by atoms with E-state index in [1.54, 1.807) is 0 Å². The van der Waals surface area contributed by atoms with Gasteiger partial charge >= 0.3 is 6.09 Å². The van der Waals surface area contributed by atoms with Crippen molar-refractivity contribution in [1.29, 1.82) is 0 Å². The van der Waals surface area contributed by atoms with Gasteiger partial charge in [0.1, 0.15) is 0 Å². The number of methoxy groups -OCH3 is 1. The van der Waals surface area contributed by atoms with Crippen LogP contribution < -0.4 is 0 Å². The van der Waals surface area contributed by atoms with E-state index in [-0.39, 0.29) is 0 Å². The first-order valence-corrected chi connectivity index (χ1v) is 3.33. The van der Waals surface area contributed by atoms with Crippen LogP contribution in [0.25, 0.3) is 0 Å². The van der Waals surface area contributed by atoms with Crippen molar-refractivity contribution in [3.63, 3.8) is 0 Å². The maximum Gasteiger partial charge on any atom is 0.433 e. The predicted octanol–water partition coefficient (Wildman–Crippen LogP) is 0.780. The number of nitrogens with zero attached hydrogens (tertiary/aromatic N) is 1. The van der Waals surface area contributed by atoms with E-state index in [1.807, 2.05) is 0 Å². The fraction of sp³-hybridized carbons (Fsp3) is 0.833. The molecule has 0 saturated carbocycles. The van der Waals surface area contributed by atoms with E-state index in [9.17, 15) is 4.79 Å². The Morgan fingerprint density at radius 2 is 2.40 bits per heavy atom. The molecule has 0 aromatic carbocycles. The normalized spacial score (nSPS) is 18.7. The lowest BCUT2D eigenvalue weighted by Gasteiger charge is -2.23. The topological polar surface area (TPSA) is 38.8 Å². The van der Waals surface area contributed by atoms with Crippen LogP contribution >= 0.6 is 0 Å². The van der Waals surface area contributed by atoms with E-state index in [0.717, 1.165) is 12.8 Å². The van der Waals surface area contributed by atoms with Crippen LogP contribution in [0, 0.1) is 0 Å². The van der Waals surface area contributed by atoms with Gasteiger partial charge in [0.05, 0.1) is 20.3 Å². The summed E-state index contributed by atoms with van der Waals surface area (Å²) in [4.78, 5) is 15.7. The summed E-state index contributed by atoms with van der Waals surface area (Å²) in [7, 11) is 1.35. The molecule has 1 heterocycles. The molecule has 0 aromatic heterocycles. The summed E-state index contributed by atoms with van der Waals surface area (Å²) in [5.41, 5.74) is 0. The molecule has 0 bridgehead atoms. The van der Waals surface area contributed by atoms with Crippen molar-refractivity contribution >= 4 is 6.09 Å². The molecule has 4 nitrogen and oxygen atoms in total. The van der Waals surface area contributed by atoms with Crippen molar-refractivity contribution in [2.75, 3.05) is 20.3 Å². The molecule has 1 fully saturated rings. The van der Waals surface area contributed by atoms with Gasteiger partial charge in [0.25, 0.3) is 0 Å². The lowest BCUT2D eigenvalue weighted by Crippen LogP contribution is -2.35. The lowest BCUT2D eigenvalue weighted by molar-refractivity contribution is -0.154. The number of hydrogen-bond donors (Lipinski definition) is 0. The summed E-state index contributed by atoms with van der Waals surface area (Å²) in [6.07, 6.45) is 1.61. The molecule has 1 saturated heterocycles. The summed E-state index contributed by atoms with van der Waals surface area (Å²) in [6, 6.07) is 0. The monoisotopic (exact) mass is 145 g/mol. The lowest BCUT2D eigenvalue weighted by atomic mass is 10.3. The molecule has 1 amide bonds. The first kappa shape index (κ1) is 7.34. The van der Waals surface area contributed by atoms with Crippen LogP contribution in [0.1, 0.15) is 12.8 Å². The maximum atomic E-state index is 10.7. The Bertz CT molecular complexity index is 120. The number of ether oxygens (including phenoxy) is 1. The second-order valence-electron chi connectivity index (χ2n) is 2.11. The van der Waals surface area contributed by atoms with Gasteiger partial charge in [-0.15, -0.1) is 0 Å². The van der Waals surface area contributed by atoms with Crippen molar-refractivity contribution < 1.29 is 14.4 Å². The summed E-state index contributed by atoms with van der Waals surface area (Å²) < 4.78 is 4.45. The number of carbonyl (C=O) groups excluding carboxylic acids is 1. The highest BCUT2D eigenvalue weighted by Crippen LogP contribution is 2.06. The van der Waals surface area contributed by atoms with Crippen molar-refractivity contribution in [1.82, 2.24) is 5.06 Å². The average Bonchev–Trinajstić information content (AvgIpc) is 2.05. The van der Waals surface area contributed by atoms with Crippen LogP contribution in [-0.2, 0) is 9.57 Å². The highest BCUT2D eigenvalue weighted by atomic mass is 16.7. The van der Waals surface area contributed by atoms with Crippen LogP contribution in [0.2, 0.25) is 0 Å². The average molecular weight is 145 g/mol. The third kappa shape index (κ3) is 1.60. The maximum absolute atomic E-state index is 10.7. The van der Waals surface area contributed by atoms with E-state index in [1.165, 1.54) is 12.2 Å². The number of rotatable bonds is 0. The highest BCUT2D eigenvalue weighted by molar-refractivity contribution is 5.66. The van der Waals surface area contributed by atoms with Gasteiger partial charge in [0, 0.05) is 0 Å². The van der Waals surface area contributed by atoms with Gasteiger partial charge in [-0.2, -0.15) is 5.06 Å². The molecular formula is C6H11NO3. The summed E-state index contributed by atoms with van der Waals surface area (Å²) in [6.45, 7) is 1.27. The van der Waals surface area contributed by atoms with E-state index < -0.39 is 6.09 Å². The first-order chi connectivity index (χ1) is 4.84. The Balaban J connectivity index is 2.31. The smallest absolute Gasteiger partial charge is 0.433 e. The third-order valence-corrected chi connectivity index (χ3v) is 1.38. The van der Waals surface area contributed by atoms with Crippen LogP contribution in [0.15, 0.2) is 0 Å². The van der Waals surface area contributed by atoms with Gasteiger partial charge in [0.15, 0.2) is 0 Å². The van der Waals surface area contributed by atoms with E-state index >= 15 is 0 Å². The molecule has 0 atom stereocenters.